The molecule has 2 N–H and O–H groups in total. The lowest BCUT2D eigenvalue weighted by Gasteiger charge is -1.74. The van der Waals surface area contributed by atoms with Crippen LogP contribution in [0.15, 0.2) is 11.3 Å². The number of nitrogens with zero attached hydrogens (tertiary/aromatic N) is 2. The van der Waals surface area contributed by atoms with Crippen LogP contribution in [0.2, 0.25) is 0 Å². The zero-order valence-corrected chi connectivity index (χ0v) is 5.85. The van der Waals surface area contributed by atoms with Crippen molar-refractivity contribution in [3.63, 3.8) is 0 Å². The summed E-state index contributed by atoms with van der Waals surface area (Å²) in [5.74, 6) is 4.91. The van der Waals surface area contributed by atoms with E-state index in [0.29, 0.717) is 0 Å². The van der Waals surface area contributed by atoms with Crippen LogP contribution in [0.5, 0.6) is 0 Å². The Hall–Kier alpha value is -0.900. The van der Waals surface area contributed by atoms with Gasteiger partial charge in [-0.2, -0.15) is 5.10 Å². The molecule has 0 aliphatic carbocycles. The second-order valence-corrected chi connectivity index (χ2v) is 2.85. The van der Waals surface area contributed by atoms with E-state index in [1.807, 2.05) is 6.92 Å². The molecule has 4 heteroatoms. The molecule has 0 unspecified atom stereocenters. The summed E-state index contributed by atoms with van der Waals surface area (Å²) in [5.41, 5.74) is 0. The largest absolute Gasteiger partial charge is 0.323 e. The monoisotopic (exact) mass is 141 g/mol. The third kappa shape index (κ3) is 1.50. The first-order valence-corrected chi connectivity index (χ1v) is 3.30. The fourth-order valence-corrected chi connectivity index (χ4v) is 1.15. The van der Waals surface area contributed by atoms with Crippen LogP contribution in [0.3, 0.4) is 0 Å². The molecule has 1 aromatic heterocycles. The van der Waals surface area contributed by atoms with E-state index < -0.39 is 0 Å². The van der Waals surface area contributed by atoms with Crippen LogP contribution < -0.4 is 5.84 Å². The van der Waals surface area contributed by atoms with E-state index in [1.54, 1.807) is 17.5 Å². The highest BCUT2D eigenvalue weighted by atomic mass is 32.1. The maximum absolute atomic E-state index is 4.91. The van der Waals surface area contributed by atoms with Crippen molar-refractivity contribution >= 4 is 17.6 Å². The van der Waals surface area contributed by atoms with Crippen molar-refractivity contribution in [2.75, 3.05) is 0 Å². The minimum absolute atomic E-state index is 0.856. The Labute approximate surface area is 57.2 Å². The molecule has 0 atom stereocenters. The summed E-state index contributed by atoms with van der Waals surface area (Å²) < 4.78 is 0. The van der Waals surface area contributed by atoms with Gasteiger partial charge in [0.2, 0.25) is 0 Å². The lowest BCUT2D eigenvalue weighted by molar-refractivity contribution is 1.25. The van der Waals surface area contributed by atoms with Crippen molar-refractivity contribution in [1.82, 2.24) is 4.98 Å². The molecule has 0 saturated heterocycles. The number of aromatic nitrogens is 1. The number of hydrazone groups is 1. The zero-order chi connectivity index (χ0) is 6.69. The molecular weight excluding hydrogens is 134 g/mol. The molecule has 0 saturated carbocycles. The Morgan fingerprint density at radius 1 is 1.89 bits per heavy atom. The van der Waals surface area contributed by atoms with Crippen LogP contribution in [0.1, 0.15) is 9.88 Å². The summed E-state index contributed by atoms with van der Waals surface area (Å²) in [5, 5.41) is 4.20. The molecule has 3 nitrogen and oxygen atoms in total. The number of hydrogen-bond acceptors (Lipinski definition) is 4. The predicted octanol–water partition coefficient (Wildman–Crippen LogP) is 0.744. The Bertz CT molecular complexity index is 216. The standard InChI is InChI=1S/C5H7N3S/c1-4-2-7-5(9-4)3-8-6/h2-3H,6H2,1H3/b8-3+. The molecule has 48 valence electrons. The molecule has 1 heterocycles. The third-order valence-electron chi connectivity index (χ3n) is 0.824. The first-order chi connectivity index (χ1) is 4.33. The molecule has 0 radical (unpaired) electrons. The second-order valence-electron chi connectivity index (χ2n) is 1.59. The van der Waals surface area contributed by atoms with Crippen LogP contribution in [0, 0.1) is 6.92 Å². The number of rotatable bonds is 1. The highest BCUT2D eigenvalue weighted by Gasteiger charge is 1.91. The van der Waals surface area contributed by atoms with Crippen molar-refractivity contribution in [2.24, 2.45) is 10.9 Å². The molecule has 0 bridgehead atoms. The molecule has 0 amide bonds. The van der Waals surface area contributed by atoms with Crippen LogP contribution in [0.25, 0.3) is 0 Å². The van der Waals surface area contributed by atoms with Gasteiger partial charge in [0.1, 0.15) is 5.01 Å². The first kappa shape index (κ1) is 6.22. The van der Waals surface area contributed by atoms with Gasteiger partial charge in [-0.3, -0.25) is 0 Å². The van der Waals surface area contributed by atoms with Gasteiger partial charge in [-0.1, -0.05) is 0 Å². The molecule has 0 aliphatic heterocycles. The van der Waals surface area contributed by atoms with E-state index in [1.165, 1.54) is 11.1 Å². The number of nitrogens with two attached hydrogens (primary N) is 1. The van der Waals surface area contributed by atoms with E-state index in [9.17, 15) is 0 Å². The number of thiazole rings is 1. The molecule has 0 fully saturated rings. The molecule has 0 aromatic carbocycles. The lowest BCUT2D eigenvalue weighted by Crippen LogP contribution is -1.82. The number of hydrogen-bond donors (Lipinski definition) is 1. The average molecular weight is 141 g/mol. The third-order valence-corrected chi connectivity index (χ3v) is 1.67. The maximum Gasteiger partial charge on any atom is 0.136 e. The first-order valence-electron chi connectivity index (χ1n) is 2.48. The zero-order valence-electron chi connectivity index (χ0n) is 5.03. The van der Waals surface area contributed by atoms with E-state index in [2.05, 4.69) is 10.1 Å². The minimum atomic E-state index is 0.856. The molecule has 1 rings (SSSR count). The fraction of sp³-hybridized carbons (Fsp3) is 0.200. The molecule has 0 spiro atoms. The maximum atomic E-state index is 4.91. The van der Waals surface area contributed by atoms with Gasteiger partial charge in [0.25, 0.3) is 0 Å². The van der Waals surface area contributed by atoms with Crippen LogP contribution >= 0.6 is 11.3 Å². The van der Waals surface area contributed by atoms with Crippen molar-refractivity contribution in [3.05, 3.63) is 16.1 Å². The summed E-state index contributed by atoms with van der Waals surface area (Å²) in [6.45, 7) is 1.99. The quantitative estimate of drug-likeness (QED) is 0.356. The van der Waals surface area contributed by atoms with Gasteiger partial charge in [-0.25, -0.2) is 4.98 Å². The Morgan fingerprint density at radius 3 is 3.11 bits per heavy atom. The SMILES string of the molecule is Cc1cnc(/C=N/N)s1. The van der Waals surface area contributed by atoms with Crippen molar-refractivity contribution < 1.29 is 0 Å². The van der Waals surface area contributed by atoms with Crippen molar-refractivity contribution in [3.8, 4) is 0 Å². The normalized spacial score (nSPS) is 10.8. The Kier molecular flexibility index (Phi) is 1.79. The van der Waals surface area contributed by atoms with Gasteiger partial charge >= 0.3 is 0 Å². The van der Waals surface area contributed by atoms with Gasteiger partial charge < -0.3 is 5.84 Å². The second kappa shape index (κ2) is 2.59. The fourth-order valence-electron chi connectivity index (χ4n) is 0.496. The summed E-state index contributed by atoms with van der Waals surface area (Å²) >= 11 is 1.57. The highest BCUT2D eigenvalue weighted by molar-refractivity contribution is 7.13. The van der Waals surface area contributed by atoms with Crippen LogP contribution in [0.4, 0.5) is 0 Å². The smallest absolute Gasteiger partial charge is 0.136 e. The summed E-state index contributed by atoms with van der Waals surface area (Å²) in [4.78, 5) is 5.17. The molecule has 1 aromatic rings. The van der Waals surface area contributed by atoms with Crippen LogP contribution in [-0.4, -0.2) is 11.2 Å². The van der Waals surface area contributed by atoms with Crippen molar-refractivity contribution in [1.29, 1.82) is 0 Å². The molecule has 9 heavy (non-hydrogen) atoms. The van der Waals surface area contributed by atoms with Gasteiger partial charge in [-0.15, -0.1) is 11.3 Å². The van der Waals surface area contributed by atoms with Gasteiger partial charge in [0, 0.05) is 11.1 Å². The van der Waals surface area contributed by atoms with E-state index in [-0.39, 0.29) is 0 Å². The average Bonchev–Trinajstić information content (AvgIpc) is 2.17. The summed E-state index contributed by atoms with van der Waals surface area (Å²) in [6.07, 6.45) is 3.33. The molecule has 0 aliphatic rings. The van der Waals surface area contributed by atoms with Crippen molar-refractivity contribution in [2.45, 2.75) is 6.92 Å². The number of aryl methyl sites for hydroxylation is 1. The minimum Gasteiger partial charge on any atom is -0.323 e. The predicted molar refractivity (Wildman–Crippen MR) is 38.6 cm³/mol. The van der Waals surface area contributed by atoms with Gasteiger partial charge in [0.05, 0.1) is 6.21 Å². The van der Waals surface area contributed by atoms with Gasteiger partial charge in [-0.05, 0) is 6.92 Å². The summed E-state index contributed by atoms with van der Waals surface area (Å²) in [7, 11) is 0. The highest BCUT2D eigenvalue weighted by Crippen LogP contribution is 2.07. The Balaban J connectivity index is 2.85. The van der Waals surface area contributed by atoms with E-state index in [4.69, 9.17) is 5.84 Å². The lowest BCUT2D eigenvalue weighted by atomic mass is 10.6. The topological polar surface area (TPSA) is 51.3 Å². The van der Waals surface area contributed by atoms with Gasteiger partial charge in [0.15, 0.2) is 0 Å². The van der Waals surface area contributed by atoms with Crippen LogP contribution in [-0.2, 0) is 0 Å². The summed E-state index contributed by atoms with van der Waals surface area (Å²) in [6, 6.07) is 0. The molecular formula is C5H7N3S. The Morgan fingerprint density at radius 2 is 2.67 bits per heavy atom. The van der Waals surface area contributed by atoms with E-state index >= 15 is 0 Å². The van der Waals surface area contributed by atoms with E-state index in [0.717, 1.165) is 5.01 Å².